The van der Waals surface area contributed by atoms with Gasteiger partial charge in [-0.05, 0) is 18.9 Å². The lowest BCUT2D eigenvalue weighted by molar-refractivity contribution is -0.158. The van der Waals surface area contributed by atoms with Gasteiger partial charge in [0, 0.05) is 25.8 Å². The molecule has 3 rings (SSSR count). The van der Waals surface area contributed by atoms with Crippen molar-refractivity contribution < 1.29 is 19.1 Å². The maximum absolute atomic E-state index is 12.4. The number of likely N-dealkylation sites (N-methyl/N-ethyl adjacent to an activating group) is 1. The summed E-state index contributed by atoms with van der Waals surface area (Å²) >= 11 is 1.61. The van der Waals surface area contributed by atoms with Crippen LogP contribution in [0.25, 0.3) is 0 Å². The van der Waals surface area contributed by atoms with Gasteiger partial charge in [0.15, 0.2) is 6.61 Å². The fourth-order valence-electron chi connectivity index (χ4n) is 3.28. The van der Waals surface area contributed by atoms with Crippen LogP contribution in [0.15, 0.2) is 30.3 Å². The second kappa shape index (κ2) is 7.07. The maximum atomic E-state index is 12.4. The van der Waals surface area contributed by atoms with Crippen LogP contribution in [-0.4, -0.2) is 57.9 Å². The summed E-state index contributed by atoms with van der Waals surface area (Å²) in [5.41, 5.74) is 1.01. The molecule has 0 radical (unpaired) electrons. The van der Waals surface area contributed by atoms with E-state index >= 15 is 0 Å². The summed E-state index contributed by atoms with van der Waals surface area (Å²) in [7, 11) is 1.68. The number of hydrogen-bond donors (Lipinski definition) is 0. The van der Waals surface area contributed by atoms with E-state index in [0.717, 1.165) is 12.0 Å². The van der Waals surface area contributed by atoms with Crippen molar-refractivity contribution in [3.63, 3.8) is 0 Å². The molecule has 0 saturated carbocycles. The standard InChI is InChI=1S/C18H22N2O4S/c1-18-9-8-15(21)20(18)14(12-25-18)17(23)24-11-16(22)19(2)10-13-6-4-3-5-7-13/h3-7,14H,8-12H2,1-2H3/t14-,18+/m1/s1. The van der Waals surface area contributed by atoms with E-state index < -0.39 is 12.0 Å². The molecule has 0 unspecified atom stereocenters. The molecule has 6 nitrogen and oxygen atoms in total. The molecule has 2 aliphatic heterocycles. The molecule has 2 heterocycles. The Labute approximate surface area is 151 Å². The second-order valence-corrected chi connectivity index (χ2v) is 8.11. The second-order valence-electron chi connectivity index (χ2n) is 6.61. The molecule has 0 bridgehead atoms. The number of carbonyl (C=O) groups excluding carboxylic acids is 3. The summed E-state index contributed by atoms with van der Waals surface area (Å²) in [5, 5.41) is 0. The van der Waals surface area contributed by atoms with Gasteiger partial charge in [-0.2, -0.15) is 0 Å². The maximum Gasteiger partial charge on any atom is 0.330 e. The van der Waals surface area contributed by atoms with Crippen molar-refractivity contribution in [2.45, 2.75) is 37.2 Å². The Bertz CT molecular complexity index is 681. The number of thioether (sulfide) groups is 1. The number of fused-ring (bicyclic) bond motifs is 1. The van der Waals surface area contributed by atoms with Gasteiger partial charge < -0.3 is 14.5 Å². The molecule has 0 aromatic heterocycles. The molecule has 25 heavy (non-hydrogen) atoms. The van der Waals surface area contributed by atoms with Crippen LogP contribution >= 0.6 is 11.8 Å². The average Bonchev–Trinajstić information content (AvgIpc) is 3.09. The van der Waals surface area contributed by atoms with Crippen LogP contribution in [0.2, 0.25) is 0 Å². The number of carbonyl (C=O) groups is 3. The number of rotatable bonds is 5. The first-order valence-electron chi connectivity index (χ1n) is 8.31. The van der Waals surface area contributed by atoms with Crippen LogP contribution < -0.4 is 0 Å². The molecule has 1 aromatic carbocycles. The molecule has 2 atom stereocenters. The molecule has 7 heteroatoms. The predicted molar refractivity (Wildman–Crippen MR) is 94.6 cm³/mol. The molecule has 0 aliphatic carbocycles. The van der Waals surface area contributed by atoms with Crippen LogP contribution in [0, 0.1) is 0 Å². The van der Waals surface area contributed by atoms with Gasteiger partial charge in [0.2, 0.25) is 5.91 Å². The lowest BCUT2D eigenvalue weighted by Crippen LogP contribution is -2.47. The number of hydrogen-bond acceptors (Lipinski definition) is 5. The zero-order valence-electron chi connectivity index (χ0n) is 14.4. The van der Waals surface area contributed by atoms with Gasteiger partial charge in [0.25, 0.3) is 5.91 Å². The first-order valence-corrected chi connectivity index (χ1v) is 9.30. The average molecular weight is 362 g/mol. The number of amides is 2. The normalized spacial score (nSPS) is 25.0. The van der Waals surface area contributed by atoms with Crippen molar-refractivity contribution >= 4 is 29.5 Å². The van der Waals surface area contributed by atoms with Gasteiger partial charge >= 0.3 is 5.97 Å². The predicted octanol–water partition coefficient (Wildman–Crippen LogP) is 1.64. The third kappa shape index (κ3) is 3.66. The highest BCUT2D eigenvalue weighted by molar-refractivity contribution is 8.01. The van der Waals surface area contributed by atoms with Gasteiger partial charge in [0.05, 0.1) is 4.87 Å². The molecular weight excluding hydrogens is 340 g/mol. The quantitative estimate of drug-likeness (QED) is 0.745. The van der Waals surface area contributed by atoms with Crippen LogP contribution in [0.4, 0.5) is 0 Å². The molecule has 2 aliphatic rings. The van der Waals surface area contributed by atoms with E-state index in [1.165, 1.54) is 4.90 Å². The lowest BCUT2D eigenvalue weighted by atomic mass is 10.2. The molecule has 0 N–H and O–H groups in total. The van der Waals surface area contributed by atoms with Gasteiger partial charge in [-0.3, -0.25) is 9.59 Å². The molecule has 0 spiro atoms. The summed E-state index contributed by atoms with van der Waals surface area (Å²) in [5.74, 6) is -0.247. The molecule has 2 amide bonds. The Kier molecular flexibility index (Phi) is 5.03. The number of nitrogens with zero attached hydrogens (tertiary/aromatic N) is 2. The zero-order valence-corrected chi connectivity index (χ0v) is 15.3. The summed E-state index contributed by atoms with van der Waals surface area (Å²) < 4.78 is 5.21. The lowest BCUT2D eigenvalue weighted by Gasteiger charge is -2.29. The Morgan fingerprint density at radius 1 is 1.36 bits per heavy atom. The molecule has 2 fully saturated rings. The summed E-state index contributed by atoms with van der Waals surface area (Å²) in [6, 6.07) is 9.03. The van der Waals surface area contributed by atoms with Crippen molar-refractivity contribution in [1.82, 2.24) is 9.80 Å². The van der Waals surface area contributed by atoms with E-state index in [1.807, 2.05) is 37.3 Å². The highest BCUT2D eigenvalue weighted by atomic mass is 32.2. The van der Waals surface area contributed by atoms with Crippen molar-refractivity contribution in [2.24, 2.45) is 0 Å². The SMILES string of the molecule is CN(Cc1ccccc1)C(=O)COC(=O)[C@H]1CS[C@@]2(C)CCC(=O)N12. The molecular formula is C18H22N2O4S. The van der Waals surface area contributed by atoms with E-state index in [-0.39, 0.29) is 23.3 Å². The molecule has 2 saturated heterocycles. The molecule has 1 aromatic rings. The highest BCUT2D eigenvalue weighted by Crippen LogP contribution is 2.47. The molecule has 134 valence electrons. The van der Waals surface area contributed by atoms with Crippen molar-refractivity contribution in [2.75, 3.05) is 19.4 Å². The van der Waals surface area contributed by atoms with Crippen molar-refractivity contribution in [1.29, 1.82) is 0 Å². The van der Waals surface area contributed by atoms with E-state index in [2.05, 4.69) is 0 Å². The van der Waals surface area contributed by atoms with Crippen LogP contribution in [-0.2, 0) is 25.7 Å². The highest BCUT2D eigenvalue weighted by Gasteiger charge is 2.53. The fraction of sp³-hybridized carbons (Fsp3) is 0.500. The Morgan fingerprint density at radius 2 is 2.08 bits per heavy atom. The Hall–Kier alpha value is -2.02. The summed E-state index contributed by atoms with van der Waals surface area (Å²) in [4.78, 5) is 39.5. The Balaban J connectivity index is 1.52. The third-order valence-corrected chi connectivity index (χ3v) is 6.25. The van der Waals surface area contributed by atoms with E-state index in [9.17, 15) is 14.4 Å². The van der Waals surface area contributed by atoms with Gasteiger partial charge in [-0.15, -0.1) is 11.8 Å². The minimum Gasteiger partial charge on any atom is -0.454 e. The smallest absolute Gasteiger partial charge is 0.330 e. The topological polar surface area (TPSA) is 66.9 Å². The third-order valence-electron chi connectivity index (χ3n) is 4.74. The first kappa shape index (κ1) is 17.8. The van der Waals surface area contributed by atoms with E-state index in [1.54, 1.807) is 23.7 Å². The number of benzene rings is 1. The van der Waals surface area contributed by atoms with Crippen LogP contribution in [0.3, 0.4) is 0 Å². The monoisotopic (exact) mass is 362 g/mol. The first-order chi connectivity index (χ1) is 11.9. The van der Waals surface area contributed by atoms with Crippen molar-refractivity contribution in [3.8, 4) is 0 Å². The van der Waals surface area contributed by atoms with E-state index in [4.69, 9.17) is 4.74 Å². The van der Waals surface area contributed by atoms with Crippen LogP contribution in [0.1, 0.15) is 25.3 Å². The summed E-state index contributed by atoms with van der Waals surface area (Å²) in [6.07, 6.45) is 1.21. The van der Waals surface area contributed by atoms with Gasteiger partial charge in [0.1, 0.15) is 6.04 Å². The largest absolute Gasteiger partial charge is 0.454 e. The van der Waals surface area contributed by atoms with Gasteiger partial charge in [-0.1, -0.05) is 30.3 Å². The Morgan fingerprint density at radius 3 is 2.80 bits per heavy atom. The summed E-state index contributed by atoms with van der Waals surface area (Å²) in [6.45, 7) is 2.13. The van der Waals surface area contributed by atoms with E-state index in [0.29, 0.717) is 18.7 Å². The minimum absolute atomic E-state index is 0.0121. The minimum atomic E-state index is -0.586. The fourth-order valence-corrected chi connectivity index (χ4v) is 4.70. The van der Waals surface area contributed by atoms with Crippen molar-refractivity contribution in [3.05, 3.63) is 35.9 Å². The van der Waals surface area contributed by atoms with Gasteiger partial charge in [-0.25, -0.2) is 4.79 Å². The zero-order chi connectivity index (χ0) is 18.0. The van der Waals surface area contributed by atoms with Crippen LogP contribution in [0.5, 0.6) is 0 Å². The number of esters is 1. The number of ether oxygens (including phenoxy) is 1.